The number of rotatable bonds is 6. The summed E-state index contributed by atoms with van der Waals surface area (Å²) in [5.74, 6) is 1.48. The highest BCUT2D eigenvalue weighted by Gasteiger charge is 2.09. The summed E-state index contributed by atoms with van der Waals surface area (Å²) >= 11 is 6.00. The maximum absolute atomic E-state index is 6.00. The fraction of sp³-hybridized carbons (Fsp3) is 0.353. The van der Waals surface area contributed by atoms with Gasteiger partial charge in [0.15, 0.2) is 0 Å². The third-order valence-electron chi connectivity index (χ3n) is 3.35. The molecule has 0 radical (unpaired) electrons. The van der Waals surface area contributed by atoms with E-state index in [2.05, 4.69) is 24.1 Å². The van der Waals surface area contributed by atoms with E-state index in [1.165, 1.54) is 0 Å². The summed E-state index contributed by atoms with van der Waals surface area (Å²) in [6, 6.07) is 9.86. The van der Waals surface area contributed by atoms with Crippen LogP contribution in [-0.4, -0.2) is 11.5 Å². The van der Waals surface area contributed by atoms with Gasteiger partial charge in [-0.05, 0) is 49.7 Å². The van der Waals surface area contributed by atoms with Gasteiger partial charge in [0, 0.05) is 11.1 Å². The predicted molar refractivity (Wildman–Crippen MR) is 87.2 cm³/mol. The lowest BCUT2D eigenvalue weighted by atomic mass is 10.1. The molecule has 112 valence electrons. The van der Waals surface area contributed by atoms with Crippen LogP contribution in [0.15, 0.2) is 36.5 Å². The molecule has 4 heteroatoms. The van der Waals surface area contributed by atoms with Crippen molar-refractivity contribution in [3.63, 3.8) is 0 Å². The van der Waals surface area contributed by atoms with Crippen molar-refractivity contribution in [2.75, 3.05) is 6.54 Å². The second-order valence-corrected chi connectivity index (χ2v) is 5.39. The van der Waals surface area contributed by atoms with Crippen molar-refractivity contribution in [3.05, 3.63) is 52.8 Å². The number of nitrogens with zero attached hydrogens (tertiary/aromatic N) is 1. The number of benzene rings is 1. The van der Waals surface area contributed by atoms with Gasteiger partial charge in [0.2, 0.25) is 0 Å². The second-order valence-electron chi connectivity index (χ2n) is 4.95. The van der Waals surface area contributed by atoms with Crippen LogP contribution in [0.2, 0.25) is 5.02 Å². The van der Waals surface area contributed by atoms with Crippen LogP contribution in [0.1, 0.15) is 37.6 Å². The van der Waals surface area contributed by atoms with Crippen molar-refractivity contribution in [3.8, 4) is 11.5 Å². The van der Waals surface area contributed by atoms with Crippen molar-refractivity contribution in [2.45, 2.75) is 33.2 Å². The fourth-order valence-corrected chi connectivity index (χ4v) is 2.34. The van der Waals surface area contributed by atoms with Crippen LogP contribution >= 0.6 is 11.6 Å². The molecule has 3 nitrogen and oxygen atoms in total. The van der Waals surface area contributed by atoms with E-state index >= 15 is 0 Å². The van der Waals surface area contributed by atoms with Gasteiger partial charge >= 0.3 is 0 Å². The van der Waals surface area contributed by atoms with Gasteiger partial charge in [0.05, 0.1) is 11.9 Å². The van der Waals surface area contributed by atoms with E-state index in [9.17, 15) is 0 Å². The molecule has 1 aromatic carbocycles. The largest absolute Gasteiger partial charge is 0.455 e. The zero-order valence-electron chi connectivity index (χ0n) is 12.7. The molecule has 1 N–H and O–H groups in total. The van der Waals surface area contributed by atoms with Gasteiger partial charge in [0.1, 0.15) is 11.5 Å². The normalized spacial score (nSPS) is 12.2. The summed E-state index contributed by atoms with van der Waals surface area (Å²) in [6.07, 6.45) is 2.77. The number of aryl methyl sites for hydroxylation is 1. The van der Waals surface area contributed by atoms with Gasteiger partial charge in [-0.3, -0.25) is 4.98 Å². The standard InChI is InChI=1S/C17H21ClN2O/c1-4-15(19-5-2)16-9-8-14(11-20-16)21-17-10-13(18)7-6-12(17)3/h6-11,15,19H,4-5H2,1-3H3. The van der Waals surface area contributed by atoms with Crippen LogP contribution in [0.25, 0.3) is 0 Å². The van der Waals surface area contributed by atoms with Crippen molar-refractivity contribution < 1.29 is 4.74 Å². The summed E-state index contributed by atoms with van der Waals surface area (Å²) in [4.78, 5) is 4.50. The second kappa shape index (κ2) is 7.43. The lowest BCUT2D eigenvalue weighted by molar-refractivity contribution is 0.472. The molecule has 0 amide bonds. The minimum Gasteiger partial charge on any atom is -0.455 e. The zero-order chi connectivity index (χ0) is 15.2. The minimum atomic E-state index is 0.289. The summed E-state index contributed by atoms with van der Waals surface area (Å²) in [7, 11) is 0. The Balaban J connectivity index is 2.13. The number of halogens is 1. The predicted octanol–water partition coefficient (Wildman–Crippen LogP) is 4.90. The number of ether oxygens (including phenoxy) is 1. The Morgan fingerprint density at radius 3 is 2.67 bits per heavy atom. The molecule has 1 heterocycles. The van der Waals surface area contributed by atoms with Crippen molar-refractivity contribution >= 4 is 11.6 Å². The van der Waals surface area contributed by atoms with Gasteiger partial charge < -0.3 is 10.1 Å². The molecular formula is C17H21ClN2O. The summed E-state index contributed by atoms with van der Waals surface area (Å²) in [6.45, 7) is 7.17. The maximum atomic E-state index is 6.00. The molecule has 0 aliphatic carbocycles. The monoisotopic (exact) mass is 304 g/mol. The first-order valence-electron chi connectivity index (χ1n) is 7.27. The molecule has 0 spiro atoms. The van der Waals surface area contributed by atoms with E-state index in [1.807, 2.05) is 37.3 Å². The Kier molecular flexibility index (Phi) is 5.59. The first kappa shape index (κ1) is 15.8. The first-order chi connectivity index (χ1) is 10.1. The molecular weight excluding hydrogens is 284 g/mol. The highest BCUT2D eigenvalue weighted by atomic mass is 35.5. The molecule has 1 unspecified atom stereocenters. The van der Waals surface area contributed by atoms with E-state index in [1.54, 1.807) is 6.20 Å². The van der Waals surface area contributed by atoms with Crippen molar-refractivity contribution in [1.29, 1.82) is 0 Å². The average Bonchev–Trinajstić information content (AvgIpc) is 2.49. The lowest BCUT2D eigenvalue weighted by Crippen LogP contribution is -2.20. The van der Waals surface area contributed by atoms with Crippen LogP contribution < -0.4 is 10.1 Å². The van der Waals surface area contributed by atoms with Crippen molar-refractivity contribution in [2.24, 2.45) is 0 Å². The van der Waals surface area contributed by atoms with E-state index in [-0.39, 0.29) is 6.04 Å². The summed E-state index contributed by atoms with van der Waals surface area (Å²) in [5, 5.41) is 4.08. The smallest absolute Gasteiger partial charge is 0.145 e. The Morgan fingerprint density at radius 1 is 1.24 bits per heavy atom. The van der Waals surface area contributed by atoms with Gasteiger partial charge in [-0.25, -0.2) is 0 Å². The number of hydrogen-bond donors (Lipinski definition) is 1. The number of hydrogen-bond acceptors (Lipinski definition) is 3. The van der Waals surface area contributed by atoms with Gasteiger partial charge in [-0.1, -0.05) is 31.5 Å². The lowest BCUT2D eigenvalue weighted by Gasteiger charge is -2.15. The first-order valence-corrected chi connectivity index (χ1v) is 7.65. The third-order valence-corrected chi connectivity index (χ3v) is 3.59. The highest BCUT2D eigenvalue weighted by molar-refractivity contribution is 6.30. The molecule has 1 aromatic heterocycles. The van der Waals surface area contributed by atoms with Gasteiger partial charge in [-0.15, -0.1) is 0 Å². The number of nitrogens with one attached hydrogen (secondary N) is 1. The summed E-state index contributed by atoms with van der Waals surface area (Å²) < 4.78 is 5.85. The molecule has 0 aliphatic heterocycles. The topological polar surface area (TPSA) is 34.1 Å². The van der Waals surface area contributed by atoms with E-state index in [0.29, 0.717) is 5.02 Å². The van der Waals surface area contributed by atoms with Gasteiger partial charge in [-0.2, -0.15) is 0 Å². The Morgan fingerprint density at radius 2 is 2.05 bits per heavy atom. The molecule has 0 fully saturated rings. The number of pyridine rings is 1. The Labute approximate surface area is 131 Å². The fourth-order valence-electron chi connectivity index (χ4n) is 2.17. The van der Waals surface area contributed by atoms with E-state index in [0.717, 1.165) is 35.7 Å². The van der Waals surface area contributed by atoms with Crippen LogP contribution in [-0.2, 0) is 0 Å². The highest BCUT2D eigenvalue weighted by Crippen LogP contribution is 2.28. The molecule has 2 aromatic rings. The van der Waals surface area contributed by atoms with Gasteiger partial charge in [0.25, 0.3) is 0 Å². The molecule has 21 heavy (non-hydrogen) atoms. The molecule has 2 rings (SSSR count). The maximum Gasteiger partial charge on any atom is 0.145 e. The molecule has 0 saturated heterocycles. The van der Waals surface area contributed by atoms with Crippen molar-refractivity contribution in [1.82, 2.24) is 10.3 Å². The van der Waals surface area contributed by atoms with E-state index < -0.39 is 0 Å². The SMILES string of the molecule is CCNC(CC)c1ccc(Oc2cc(Cl)ccc2C)cn1. The third kappa shape index (κ3) is 4.19. The van der Waals surface area contributed by atoms with Crippen LogP contribution in [0, 0.1) is 6.92 Å². The zero-order valence-corrected chi connectivity index (χ0v) is 13.4. The molecule has 0 aliphatic rings. The Hall–Kier alpha value is -1.58. The molecule has 0 bridgehead atoms. The average molecular weight is 305 g/mol. The van der Waals surface area contributed by atoms with E-state index in [4.69, 9.17) is 16.3 Å². The molecule has 1 atom stereocenters. The minimum absolute atomic E-state index is 0.289. The number of aromatic nitrogens is 1. The molecule has 0 saturated carbocycles. The van der Waals surface area contributed by atoms with Crippen LogP contribution in [0.5, 0.6) is 11.5 Å². The quantitative estimate of drug-likeness (QED) is 0.824. The summed E-state index contributed by atoms with van der Waals surface area (Å²) in [5.41, 5.74) is 2.08. The Bertz CT molecular complexity index is 584. The van der Waals surface area contributed by atoms with Crippen LogP contribution in [0.4, 0.5) is 0 Å². The van der Waals surface area contributed by atoms with Crippen LogP contribution in [0.3, 0.4) is 0 Å².